The number of hydrogen-bond acceptors (Lipinski definition) is 4. The molecule has 1 fully saturated rings. The van der Waals surface area contributed by atoms with Crippen molar-refractivity contribution in [2.75, 3.05) is 45.7 Å². The molecule has 0 bridgehead atoms. The van der Waals surface area contributed by atoms with E-state index in [0.29, 0.717) is 13.1 Å². The van der Waals surface area contributed by atoms with Gasteiger partial charge < -0.3 is 19.9 Å². The number of carbonyl (C=O) groups is 1. The number of aryl methyl sites for hydroxylation is 1. The summed E-state index contributed by atoms with van der Waals surface area (Å²) in [6.45, 7) is 2.92. The van der Waals surface area contributed by atoms with Crippen LogP contribution in [0.4, 0.5) is 10.5 Å². The van der Waals surface area contributed by atoms with E-state index in [2.05, 4.69) is 15.3 Å². The number of aromatic nitrogens is 2. The Morgan fingerprint density at radius 3 is 2.96 bits per heavy atom. The third-order valence-corrected chi connectivity index (χ3v) is 4.55. The molecule has 1 N–H and O–H groups in total. The van der Waals surface area contributed by atoms with Crippen LogP contribution in [-0.2, 0) is 11.8 Å². The van der Waals surface area contributed by atoms with Gasteiger partial charge in [-0.15, -0.1) is 0 Å². The Morgan fingerprint density at radius 1 is 1.40 bits per heavy atom. The molecule has 136 valence electrons. The van der Waals surface area contributed by atoms with Crippen LogP contribution in [0.15, 0.2) is 24.4 Å². The molecule has 0 saturated carbocycles. The maximum Gasteiger partial charge on any atom is 0.321 e. The van der Waals surface area contributed by atoms with Crippen molar-refractivity contribution < 1.29 is 9.53 Å². The van der Waals surface area contributed by atoms with E-state index in [0.717, 1.165) is 42.6 Å². The van der Waals surface area contributed by atoms with Crippen molar-refractivity contribution in [2.24, 2.45) is 7.05 Å². The summed E-state index contributed by atoms with van der Waals surface area (Å²) in [5, 5.41) is 8.32. The average molecular weight is 345 g/mol. The second-order valence-electron chi connectivity index (χ2n) is 6.86. The molecule has 1 aliphatic rings. The first kappa shape index (κ1) is 17.7. The van der Waals surface area contributed by atoms with E-state index in [1.807, 2.05) is 50.4 Å². The molecule has 0 spiro atoms. The van der Waals surface area contributed by atoms with Gasteiger partial charge in [0.2, 0.25) is 0 Å². The number of likely N-dealkylation sites (N-methyl/N-ethyl adjacent to an activating group) is 1. The third-order valence-electron chi connectivity index (χ3n) is 4.55. The summed E-state index contributed by atoms with van der Waals surface area (Å²) < 4.78 is 7.51. The molecule has 3 rings (SSSR count). The standard InChI is InChI=1S/C18H27N5O2/c1-21(2)8-9-23(13-16-5-4-10-25-16)18(24)20-15-7-6-14-12-19-22(3)17(14)11-15/h6-7,11-12,16H,4-5,8-10,13H2,1-3H3,(H,20,24). The van der Waals surface area contributed by atoms with E-state index in [9.17, 15) is 4.79 Å². The van der Waals surface area contributed by atoms with E-state index in [1.165, 1.54) is 0 Å². The quantitative estimate of drug-likeness (QED) is 0.871. The summed E-state index contributed by atoms with van der Waals surface area (Å²) in [6, 6.07) is 5.76. The van der Waals surface area contributed by atoms with Gasteiger partial charge in [0.25, 0.3) is 0 Å². The first-order valence-corrected chi connectivity index (χ1v) is 8.77. The number of nitrogens with one attached hydrogen (secondary N) is 1. The average Bonchev–Trinajstić information content (AvgIpc) is 3.21. The van der Waals surface area contributed by atoms with Gasteiger partial charge in [0.15, 0.2) is 0 Å². The van der Waals surface area contributed by atoms with Gasteiger partial charge in [0.1, 0.15) is 0 Å². The van der Waals surface area contributed by atoms with E-state index in [1.54, 1.807) is 4.68 Å². The first-order chi connectivity index (χ1) is 12.0. The van der Waals surface area contributed by atoms with Crippen molar-refractivity contribution in [3.8, 4) is 0 Å². The van der Waals surface area contributed by atoms with Crippen molar-refractivity contribution in [2.45, 2.75) is 18.9 Å². The molecule has 7 nitrogen and oxygen atoms in total. The normalized spacial score (nSPS) is 17.4. The minimum atomic E-state index is -0.0844. The highest BCUT2D eigenvalue weighted by atomic mass is 16.5. The molecule has 25 heavy (non-hydrogen) atoms. The highest BCUT2D eigenvalue weighted by Gasteiger charge is 2.22. The summed E-state index contributed by atoms with van der Waals surface area (Å²) >= 11 is 0. The third kappa shape index (κ3) is 4.49. The predicted octanol–water partition coefficient (Wildman–Crippen LogP) is 2.15. The van der Waals surface area contributed by atoms with Crippen LogP contribution in [0.25, 0.3) is 10.9 Å². The van der Waals surface area contributed by atoms with Crippen LogP contribution < -0.4 is 5.32 Å². The molecule has 2 aromatic rings. The fourth-order valence-electron chi connectivity index (χ4n) is 3.05. The number of fused-ring (bicyclic) bond motifs is 1. The molecule has 1 atom stereocenters. The summed E-state index contributed by atoms with van der Waals surface area (Å²) in [7, 11) is 5.92. The lowest BCUT2D eigenvalue weighted by atomic mass is 10.2. The molecule has 0 radical (unpaired) electrons. The molecular weight excluding hydrogens is 318 g/mol. The Balaban J connectivity index is 1.69. The maximum atomic E-state index is 12.8. The smallest absolute Gasteiger partial charge is 0.321 e. The summed E-state index contributed by atoms with van der Waals surface area (Å²) in [6.07, 6.45) is 4.06. The molecule has 1 aliphatic heterocycles. The van der Waals surface area contributed by atoms with E-state index >= 15 is 0 Å². The number of ether oxygens (including phenoxy) is 1. The Hall–Kier alpha value is -2.12. The van der Waals surface area contributed by atoms with Gasteiger partial charge in [-0.3, -0.25) is 4.68 Å². The zero-order valence-electron chi connectivity index (χ0n) is 15.2. The number of carbonyl (C=O) groups excluding carboxylic acids is 1. The van der Waals surface area contributed by atoms with E-state index in [4.69, 9.17) is 4.74 Å². The molecule has 1 saturated heterocycles. The fraction of sp³-hybridized carbons (Fsp3) is 0.556. The Morgan fingerprint density at radius 2 is 2.24 bits per heavy atom. The van der Waals surface area contributed by atoms with E-state index in [-0.39, 0.29) is 12.1 Å². The molecule has 1 aromatic heterocycles. The number of nitrogens with zero attached hydrogens (tertiary/aromatic N) is 4. The highest BCUT2D eigenvalue weighted by Crippen LogP contribution is 2.19. The topological polar surface area (TPSA) is 62.6 Å². The highest BCUT2D eigenvalue weighted by molar-refractivity contribution is 5.92. The van der Waals surface area contributed by atoms with Gasteiger partial charge in [-0.1, -0.05) is 0 Å². The summed E-state index contributed by atoms with van der Waals surface area (Å²) in [4.78, 5) is 16.7. The number of hydrogen-bond donors (Lipinski definition) is 1. The van der Waals surface area contributed by atoms with Crippen molar-refractivity contribution in [3.63, 3.8) is 0 Å². The Bertz CT molecular complexity index is 721. The van der Waals surface area contributed by atoms with Crippen LogP contribution >= 0.6 is 0 Å². The van der Waals surface area contributed by atoms with E-state index < -0.39 is 0 Å². The molecule has 2 heterocycles. The van der Waals surface area contributed by atoms with Crippen molar-refractivity contribution in [1.29, 1.82) is 0 Å². The van der Waals surface area contributed by atoms with Gasteiger partial charge in [0, 0.05) is 44.4 Å². The zero-order valence-corrected chi connectivity index (χ0v) is 15.2. The molecule has 1 unspecified atom stereocenters. The SMILES string of the molecule is CN(C)CCN(CC1CCCO1)C(=O)Nc1ccc2cnn(C)c2c1. The zero-order chi connectivity index (χ0) is 17.8. The van der Waals surface area contributed by atoms with Crippen LogP contribution in [0.2, 0.25) is 0 Å². The molecule has 7 heteroatoms. The van der Waals surface area contributed by atoms with Crippen LogP contribution in [-0.4, -0.2) is 72.1 Å². The lowest BCUT2D eigenvalue weighted by molar-refractivity contribution is 0.0820. The monoisotopic (exact) mass is 345 g/mol. The van der Waals surface area contributed by atoms with Crippen LogP contribution in [0.5, 0.6) is 0 Å². The van der Waals surface area contributed by atoms with Crippen LogP contribution in [0, 0.1) is 0 Å². The number of anilines is 1. The van der Waals surface area contributed by atoms with Crippen molar-refractivity contribution in [3.05, 3.63) is 24.4 Å². The molecular formula is C18H27N5O2. The number of amides is 2. The molecule has 1 aromatic carbocycles. The Labute approximate surface area is 148 Å². The summed E-state index contributed by atoms with van der Waals surface area (Å²) in [5.41, 5.74) is 1.78. The van der Waals surface area contributed by atoms with Gasteiger partial charge >= 0.3 is 6.03 Å². The lowest BCUT2D eigenvalue weighted by Gasteiger charge is -2.27. The predicted molar refractivity (Wildman–Crippen MR) is 98.8 cm³/mol. The Kier molecular flexibility index (Phi) is 5.55. The second-order valence-corrected chi connectivity index (χ2v) is 6.86. The van der Waals surface area contributed by atoms with Gasteiger partial charge in [0.05, 0.1) is 17.8 Å². The second kappa shape index (κ2) is 7.84. The van der Waals surface area contributed by atoms with Crippen LogP contribution in [0.3, 0.4) is 0 Å². The minimum absolute atomic E-state index is 0.0844. The van der Waals surface area contributed by atoms with Crippen molar-refractivity contribution >= 4 is 22.6 Å². The number of urea groups is 1. The van der Waals surface area contributed by atoms with Crippen LogP contribution in [0.1, 0.15) is 12.8 Å². The minimum Gasteiger partial charge on any atom is -0.376 e. The maximum absolute atomic E-state index is 12.8. The first-order valence-electron chi connectivity index (χ1n) is 8.77. The van der Waals surface area contributed by atoms with Gasteiger partial charge in [-0.25, -0.2) is 4.79 Å². The lowest BCUT2D eigenvalue weighted by Crippen LogP contribution is -2.43. The number of benzene rings is 1. The molecule has 0 aliphatic carbocycles. The largest absolute Gasteiger partial charge is 0.376 e. The van der Waals surface area contributed by atoms with Crippen molar-refractivity contribution in [1.82, 2.24) is 19.6 Å². The molecule has 2 amide bonds. The number of rotatable bonds is 6. The fourth-order valence-corrected chi connectivity index (χ4v) is 3.05. The summed E-state index contributed by atoms with van der Waals surface area (Å²) in [5.74, 6) is 0. The van der Waals surface area contributed by atoms with Gasteiger partial charge in [-0.05, 0) is 45.1 Å². The van der Waals surface area contributed by atoms with Gasteiger partial charge in [-0.2, -0.15) is 5.10 Å².